The van der Waals surface area contributed by atoms with Gasteiger partial charge in [-0.1, -0.05) is 12.0 Å². The van der Waals surface area contributed by atoms with E-state index >= 15 is 0 Å². The highest BCUT2D eigenvalue weighted by molar-refractivity contribution is 5.39. The van der Waals surface area contributed by atoms with E-state index < -0.39 is 0 Å². The maximum atomic E-state index is 8.90. The molecule has 0 saturated carbocycles. The van der Waals surface area contributed by atoms with Crippen LogP contribution in [0.1, 0.15) is 23.6 Å². The molecular weight excluding hydrogens is 148 g/mol. The molecule has 1 aromatic carbocycles. The van der Waals surface area contributed by atoms with Crippen molar-refractivity contribution in [2.75, 3.05) is 0 Å². The van der Waals surface area contributed by atoms with Crippen LogP contribution in [0.25, 0.3) is 0 Å². The molecular formula is C11H12O. The van der Waals surface area contributed by atoms with Crippen LogP contribution in [0.2, 0.25) is 0 Å². The van der Waals surface area contributed by atoms with Crippen LogP contribution in [-0.4, -0.2) is 5.11 Å². The molecule has 0 aliphatic rings. The quantitative estimate of drug-likeness (QED) is 0.622. The first-order valence-corrected chi connectivity index (χ1v) is 3.91. The first kappa shape index (κ1) is 8.83. The highest BCUT2D eigenvalue weighted by atomic mass is 16.3. The third-order valence-corrected chi connectivity index (χ3v) is 1.78. The van der Waals surface area contributed by atoms with E-state index in [-0.39, 0.29) is 6.61 Å². The SMILES string of the molecule is CC#Cc1ccc(CO)c(C)c1. The maximum absolute atomic E-state index is 8.90. The number of rotatable bonds is 1. The van der Waals surface area contributed by atoms with Gasteiger partial charge in [0.05, 0.1) is 6.61 Å². The highest BCUT2D eigenvalue weighted by Crippen LogP contribution is 2.09. The number of hydrogen-bond donors (Lipinski definition) is 1. The second-order valence-electron chi connectivity index (χ2n) is 2.67. The van der Waals surface area contributed by atoms with E-state index in [2.05, 4.69) is 11.8 Å². The Morgan fingerprint density at radius 3 is 2.67 bits per heavy atom. The Kier molecular flexibility index (Phi) is 2.90. The van der Waals surface area contributed by atoms with Crippen molar-refractivity contribution in [3.05, 3.63) is 34.9 Å². The minimum absolute atomic E-state index is 0.103. The summed E-state index contributed by atoms with van der Waals surface area (Å²) in [6, 6.07) is 5.83. The fourth-order valence-corrected chi connectivity index (χ4v) is 1.10. The fourth-order valence-electron chi connectivity index (χ4n) is 1.10. The van der Waals surface area contributed by atoms with Gasteiger partial charge in [-0.3, -0.25) is 0 Å². The summed E-state index contributed by atoms with van der Waals surface area (Å²) in [5.74, 6) is 5.80. The van der Waals surface area contributed by atoms with Crippen molar-refractivity contribution in [2.45, 2.75) is 20.5 Å². The van der Waals surface area contributed by atoms with Gasteiger partial charge in [0.2, 0.25) is 0 Å². The summed E-state index contributed by atoms with van der Waals surface area (Å²) in [4.78, 5) is 0. The summed E-state index contributed by atoms with van der Waals surface area (Å²) < 4.78 is 0. The molecule has 0 aliphatic carbocycles. The molecule has 1 aromatic rings. The van der Waals surface area contributed by atoms with Gasteiger partial charge < -0.3 is 5.11 Å². The largest absolute Gasteiger partial charge is 0.392 e. The summed E-state index contributed by atoms with van der Waals surface area (Å²) in [7, 11) is 0. The van der Waals surface area contributed by atoms with Gasteiger partial charge >= 0.3 is 0 Å². The minimum atomic E-state index is 0.103. The van der Waals surface area contributed by atoms with Crippen LogP contribution >= 0.6 is 0 Å². The topological polar surface area (TPSA) is 20.2 Å². The Bertz CT molecular complexity index is 329. The highest BCUT2D eigenvalue weighted by Gasteiger charge is 1.95. The molecule has 0 aliphatic heterocycles. The molecule has 0 aromatic heterocycles. The average molecular weight is 160 g/mol. The second kappa shape index (κ2) is 3.94. The molecule has 12 heavy (non-hydrogen) atoms. The summed E-state index contributed by atoms with van der Waals surface area (Å²) >= 11 is 0. The van der Waals surface area contributed by atoms with E-state index in [9.17, 15) is 0 Å². The zero-order valence-electron chi connectivity index (χ0n) is 7.39. The standard InChI is InChI=1S/C11H12O/c1-3-4-10-5-6-11(8-12)9(2)7-10/h5-7,12H,8H2,1-2H3. The lowest BCUT2D eigenvalue weighted by Gasteiger charge is -2.01. The lowest BCUT2D eigenvalue weighted by Crippen LogP contribution is -1.88. The number of aliphatic hydroxyl groups excluding tert-OH is 1. The van der Waals surface area contributed by atoms with Crippen LogP contribution in [0, 0.1) is 18.8 Å². The average Bonchev–Trinajstić information content (AvgIpc) is 2.05. The number of aryl methyl sites for hydroxylation is 1. The zero-order valence-corrected chi connectivity index (χ0v) is 7.39. The predicted octanol–water partition coefficient (Wildman–Crippen LogP) is 1.86. The monoisotopic (exact) mass is 160 g/mol. The lowest BCUT2D eigenvalue weighted by molar-refractivity contribution is 0.281. The van der Waals surface area contributed by atoms with Gasteiger partial charge in [-0.2, -0.15) is 0 Å². The third-order valence-electron chi connectivity index (χ3n) is 1.78. The predicted molar refractivity (Wildman–Crippen MR) is 49.7 cm³/mol. The number of benzene rings is 1. The van der Waals surface area contributed by atoms with Crippen LogP contribution in [0.15, 0.2) is 18.2 Å². The minimum Gasteiger partial charge on any atom is -0.392 e. The molecule has 0 amide bonds. The summed E-state index contributed by atoms with van der Waals surface area (Å²) in [6.07, 6.45) is 0. The van der Waals surface area contributed by atoms with Gasteiger partial charge in [-0.25, -0.2) is 0 Å². The first-order chi connectivity index (χ1) is 5.77. The fraction of sp³-hybridized carbons (Fsp3) is 0.273. The van der Waals surface area contributed by atoms with E-state index in [0.29, 0.717) is 0 Å². The van der Waals surface area contributed by atoms with Crippen LogP contribution in [0.3, 0.4) is 0 Å². The van der Waals surface area contributed by atoms with E-state index in [1.807, 2.05) is 32.0 Å². The number of aliphatic hydroxyl groups is 1. The third kappa shape index (κ3) is 1.87. The van der Waals surface area contributed by atoms with E-state index in [0.717, 1.165) is 16.7 Å². The van der Waals surface area contributed by atoms with Gasteiger partial charge in [-0.05, 0) is 37.1 Å². The maximum Gasteiger partial charge on any atom is 0.0684 e. The summed E-state index contributed by atoms with van der Waals surface area (Å²) in [6.45, 7) is 3.90. The molecule has 0 fully saturated rings. The van der Waals surface area contributed by atoms with Crippen molar-refractivity contribution in [3.8, 4) is 11.8 Å². The van der Waals surface area contributed by atoms with Crippen molar-refractivity contribution in [3.63, 3.8) is 0 Å². The molecule has 0 unspecified atom stereocenters. The number of hydrogen-bond acceptors (Lipinski definition) is 1. The van der Waals surface area contributed by atoms with Gasteiger partial charge in [0.1, 0.15) is 0 Å². The molecule has 62 valence electrons. The van der Waals surface area contributed by atoms with Crippen molar-refractivity contribution in [1.29, 1.82) is 0 Å². The first-order valence-electron chi connectivity index (χ1n) is 3.91. The van der Waals surface area contributed by atoms with Gasteiger partial charge in [0, 0.05) is 5.56 Å². The normalized spacial score (nSPS) is 8.92. The molecule has 0 atom stereocenters. The molecule has 1 N–H and O–H groups in total. The Hall–Kier alpha value is -1.26. The molecule has 0 bridgehead atoms. The van der Waals surface area contributed by atoms with Crippen LogP contribution in [0.4, 0.5) is 0 Å². The molecule has 0 radical (unpaired) electrons. The van der Waals surface area contributed by atoms with E-state index in [4.69, 9.17) is 5.11 Å². The van der Waals surface area contributed by atoms with Crippen molar-refractivity contribution >= 4 is 0 Å². The Morgan fingerprint density at radius 1 is 1.42 bits per heavy atom. The van der Waals surface area contributed by atoms with Gasteiger partial charge in [0.15, 0.2) is 0 Å². The Labute approximate surface area is 73.0 Å². The lowest BCUT2D eigenvalue weighted by atomic mass is 10.1. The van der Waals surface area contributed by atoms with Crippen molar-refractivity contribution < 1.29 is 5.11 Å². The second-order valence-corrected chi connectivity index (χ2v) is 2.67. The molecule has 0 heterocycles. The molecule has 1 rings (SSSR count). The van der Waals surface area contributed by atoms with Crippen LogP contribution in [-0.2, 0) is 6.61 Å². The van der Waals surface area contributed by atoms with Gasteiger partial charge in [0.25, 0.3) is 0 Å². The summed E-state index contributed by atoms with van der Waals surface area (Å²) in [5.41, 5.74) is 3.07. The molecule has 0 spiro atoms. The smallest absolute Gasteiger partial charge is 0.0684 e. The van der Waals surface area contributed by atoms with E-state index in [1.165, 1.54) is 0 Å². The zero-order chi connectivity index (χ0) is 8.97. The van der Waals surface area contributed by atoms with Crippen LogP contribution < -0.4 is 0 Å². The molecule has 1 heteroatoms. The van der Waals surface area contributed by atoms with E-state index in [1.54, 1.807) is 0 Å². The van der Waals surface area contributed by atoms with Crippen molar-refractivity contribution in [1.82, 2.24) is 0 Å². The van der Waals surface area contributed by atoms with Crippen LogP contribution in [0.5, 0.6) is 0 Å². The van der Waals surface area contributed by atoms with Crippen molar-refractivity contribution in [2.24, 2.45) is 0 Å². The Morgan fingerprint density at radius 2 is 2.17 bits per heavy atom. The molecule has 0 saturated heterocycles. The molecule has 1 nitrogen and oxygen atoms in total. The Balaban J connectivity index is 3.07. The summed E-state index contributed by atoms with van der Waals surface area (Å²) in [5, 5.41) is 8.90. The van der Waals surface area contributed by atoms with Gasteiger partial charge in [-0.15, -0.1) is 5.92 Å².